The van der Waals surface area contributed by atoms with Gasteiger partial charge in [0, 0.05) is 45.8 Å². The number of H-pyrrole nitrogens is 1. The van der Waals surface area contributed by atoms with Crippen molar-refractivity contribution in [2.45, 2.75) is 0 Å². The van der Waals surface area contributed by atoms with Gasteiger partial charge in [-0.3, -0.25) is 19.6 Å². The van der Waals surface area contributed by atoms with Gasteiger partial charge >= 0.3 is 0 Å². The molecule has 0 atom stereocenters. The van der Waals surface area contributed by atoms with Crippen LogP contribution < -0.4 is 0 Å². The second-order valence-corrected chi connectivity index (χ2v) is 9.53. The van der Waals surface area contributed by atoms with Crippen LogP contribution in [0.5, 0.6) is 5.75 Å². The van der Waals surface area contributed by atoms with E-state index in [-0.39, 0.29) is 17.6 Å². The predicted octanol–water partition coefficient (Wildman–Crippen LogP) is 3.35. The number of phenols is 1. The summed E-state index contributed by atoms with van der Waals surface area (Å²) in [6.07, 6.45) is 3.84. The Balaban J connectivity index is 1.48. The third-order valence-corrected chi connectivity index (χ3v) is 6.70. The van der Waals surface area contributed by atoms with Crippen molar-refractivity contribution in [1.29, 1.82) is 0 Å². The standard InChI is InChI=1S/C29H30N6O3/c1-33(2)26(37)19-34-14-16-35(17-15-34)29(38)23-18-25(21-9-11-22(36)12-10-21)30-28-27(23)24(31-32-28)13-8-20-6-4-3-5-7-20/h3-13,18,36H,14-17,19H2,1-2H3,(H,30,31,32). The van der Waals surface area contributed by atoms with Crippen molar-refractivity contribution in [3.05, 3.63) is 77.5 Å². The van der Waals surface area contributed by atoms with E-state index in [1.165, 1.54) is 0 Å². The number of rotatable bonds is 6. The number of aromatic nitrogens is 3. The van der Waals surface area contributed by atoms with Gasteiger partial charge in [0.1, 0.15) is 5.75 Å². The lowest BCUT2D eigenvalue weighted by molar-refractivity contribution is -0.130. The van der Waals surface area contributed by atoms with Crippen molar-refractivity contribution in [3.63, 3.8) is 0 Å². The maximum absolute atomic E-state index is 13.9. The molecule has 0 radical (unpaired) electrons. The highest BCUT2D eigenvalue weighted by atomic mass is 16.3. The van der Waals surface area contributed by atoms with Crippen molar-refractivity contribution >= 4 is 35.0 Å². The van der Waals surface area contributed by atoms with E-state index in [0.717, 1.165) is 11.1 Å². The molecule has 2 aromatic carbocycles. The van der Waals surface area contributed by atoms with E-state index in [9.17, 15) is 14.7 Å². The molecule has 38 heavy (non-hydrogen) atoms. The summed E-state index contributed by atoms with van der Waals surface area (Å²) in [6.45, 7) is 2.62. The first-order valence-electron chi connectivity index (χ1n) is 12.5. The number of nitrogens with one attached hydrogen (secondary N) is 1. The largest absolute Gasteiger partial charge is 0.508 e. The third kappa shape index (κ3) is 5.42. The summed E-state index contributed by atoms with van der Waals surface area (Å²) in [4.78, 5) is 36.3. The van der Waals surface area contributed by atoms with Gasteiger partial charge in [-0.15, -0.1) is 0 Å². The number of hydrogen-bond donors (Lipinski definition) is 2. The lowest BCUT2D eigenvalue weighted by Crippen LogP contribution is -2.51. The summed E-state index contributed by atoms with van der Waals surface area (Å²) >= 11 is 0. The number of carbonyl (C=O) groups is 2. The molecule has 0 bridgehead atoms. The molecule has 2 aromatic heterocycles. The van der Waals surface area contributed by atoms with Crippen LogP contribution in [-0.4, -0.2) is 93.6 Å². The topological polar surface area (TPSA) is 106 Å². The Kier molecular flexibility index (Phi) is 7.19. The normalized spacial score (nSPS) is 14.3. The lowest BCUT2D eigenvalue weighted by Gasteiger charge is -2.35. The molecule has 3 heterocycles. The molecule has 1 aliphatic heterocycles. The van der Waals surface area contributed by atoms with E-state index in [2.05, 4.69) is 15.1 Å². The summed E-state index contributed by atoms with van der Waals surface area (Å²) in [5.41, 5.74) is 4.07. The predicted molar refractivity (Wildman–Crippen MR) is 147 cm³/mol. The van der Waals surface area contributed by atoms with E-state index >= 15 is 0 Å². The number of aromatic hydroxyl groups is 1. The van der Waals surface area contributed by atoms with Gasteiger partial charge in [0.25, 0.3) is 5.91 Å². The molecule has 0 saturated carbocycles. The number of aromatic amines is 1. The number of amides is 2. The summed E-state index contributed by atoms with van der Waals surface area (Å²) in [5.74, 6) is 0.103. The summed E-state index contributed by atoms with van der Waals surface area (Å²) in [7, 11) is 3.49. The smallest absolute Gasteiger partial charge is 0.254 e. The van der Waals surface area contributed by atoms with Gasteiger partial charge in [-0.2, -0.15) is 5.10 Å². The maximum Gasteiger partial charge on any atom is 0.254 e. The van der Waals surface area contributed by atoms with Crippen LogP contribution in [0.3, 0.4) is 0 Å². The Labute approximate surface area is 221 Å². The highest BCUT2D eigenvalue weighted by molar-refractivity contribution is 6.09. The molecule has 4 aromatic rings. The number of likely N-dealkylation sites (N-methyl/N-ethyl adjacent to an activating group) is 1. The summed E-state index contributed by atoms with van der Waals surface area (Å²) in [6, 6.07) is 18.4. The monoisotopic (exact) mass is 510 g/mol. The van der Waals surface area contributed by atoms with Crippen molar-refractivity contribution < 1.29 is 14.7 Å². The van der Waals surface area contributed by atoms with Crippen molar-refractivity contribution in [1.82, 2.24) is 29.9 Å². The SMILES string of the molecule is CN(C)C(=O)CN1CCN(C(=O)c2cc(-c3ccc(O)cc3)nc3[nH]nc(C=Cc4ccccc4)c23)CC1. The van der Waals surface area contributed by atoms with Gasteiger partial charge in [-0.25, -0.2) is 4.98 Å². The second kappa shape index (κ2) is 10.9. The number of benzene rings is 2. The van der Waals surface area contributed by atoms with Crippen LogP contribution in [0.1, 0.15) is 21.6 Å². The van der Waals surface area contributed by atoms with E-state index in [4.69, 9.17) is 4.98 Å². The molecule has 194 valence electrons. The first-order valence-corrected chi connectivity index (χ1v) is 12.5. The van der Waals surface area contributed by atoms with Crippen LogP contribution in [0.4, 0.5) is 0 Å². The highest BCUT2D eigenvalue weighted by Gasteiger charge is 2.27. The zero-order valence-corrected chi connectivity index (χ0v) is 21.5. The Morgan fingerprint density at radius 1 is 1.00 bits per heavy atom. The van der Waals surface area contributed by atoms with Crippen LogP contribution in [0.15, 0.2) is 60.7 Å². The highest BCUT2D eigenvalue weighted by Crippen LogP contribution is 2.29. The molecule has 9 nitrogen and oxygen atoms in total. The number of nitrogens with zero attached hydrogens (tertiary/aromatic N) is 5. The zero-order chi connectivity index (χ0) is 26.6. The number of hydrogen-bond acceptors (Lipinski definition) is 6. The lowest BCUT2D eigenvalue weighted by atomic mass is 10.0. The van der Waals surface area contributed by atoms with Crippen LogP contribution >= 0.6 is 0 Å². The van der Waals surface area contributed by atoms with E-state index in [1.807, 2.05) is 47.4 Å². The van der Waals surface area contributed by atoms with Gasteiger partial charge in [-0.05, 0) is 42.0 Å². The Bertz CT molecular complexity index is 1470. The molecule has 1 saturated heterocycles. The second-order valence-electron chi connectivity index (χ2n) is 9.53. The zero-order valence-electron chi connectivity index (χ0n) is 21.5. The number of pyridine rings is 1. The van der Waals surface area contributed by atoms with Crippen molar-refractivity contribution in [2.24, 2.45) is 0 Å². The van der Waals surface area contributed by atoms with E-state index in [1.54, 1.807) is 49.3 Å². The molecule has 1 aliphatic rings. The van der Waals surface area contributed by atoms with E-state index < -0.39 is 0 Å². The quantitative estimate of drug-likeness (QED) is 0.412. The molecular weight excluding hydrogens is 480 g/mol. The molecule has 5 rings (SSSR count). The molecule has 1 fully saturated rings. The fraction of sp³-hybridized carbons (Fsp3) is 0.241. The Morgan fingerprint density at radius 2 is 1.71 bits per heavy atom. The molecule has 9 heteroatoms. The van der Waals surface area contributed by atoms with Crippen LogP contribution in [0.25, 0.3) is 34.4 Å². The van der Waals surface area contributed by atoms with Gasteiger partial charge in [0.15, 0.2) is 5.65 Å². The minimum absolute atomic E-state index is 0.0485. The van der Waals surface area contributed by atoms with Gasteiger partial charge in [-0.1, -0.05) is 36.4 Å². The van der Waals surface area contributed by atoms with Gasteiger partial charge in [0.2, 0.25) is 5.91 Å². The molecule has 0 aliphatic carbocycles. The summed E-state index contributed by atoms with van der Waals surface area (Å²) in [5, 5.41) is 17.9. The molecule has 0 unspecified atom stereocenters. The third-order valence-electron chi connectivity index (χ3n) is 6.70. The molecular formula is C29H30N6O3. The minimum Gasteiger partial charge on any atom is -0.508 e. The average molecular weight is 511 g/mol. The molecule has 0 spiro atoms. The molecule has 2 amide bonds. The number of piperazine rings is 1. The van der Waals surface area contributed by atoms with Crippen LogP contribution in [-0.2, 0) is 4.79 Å². The fourth-order valence-electron chi connectivity index (χ4n) is 4.48. The fourth-order valence-corrected chi connectivity index (χ4v) is 4.48. The number of fused-ring (bicyclic) bond motifs is 1. The van der Waals surface area contributed by atoms with Gasteiger partial charge in [0.05, 0.1) is 28.9 Å². The Morgan fingerprint density at radius 3 is 2.39 bits per heavy atom. The van der Waals surface area contributed by atoms with Crippen LogP contribution in [0, 0.1) is 0 Å². The van der Waals surface area contributed by atoms with E-state index in [0.29, 0.717) is 60.7 Å². The van der Waals surface area contributed by atoms with Crippen LogP contribution in [0.2, 0.25) is 0 Å². The molecule has 2 N–H and O–H groups in total. The van der Waals surface area contributed by atoms with Crippen molar-refractivity contribution in [2.75, 3.05) is 46.8 Å². The van der Waals surface area contributed by atoms with Crippen molar-refractivity contribution in [3.8, 4) is 17.0 Å². The number of phenolic OH excluding ortho intramolecular Hbond substituents is 1. The first-order chi connectivity index (χ1) is 18.4. The average Bonchev–Trinajstić information content (AvgIpc) is 3.35. The number of carbonyl (C=O) groups excluding carboxylic acids is 2. The summed E-state index contributed by atoms with van der Waals surface area (Å²) < 4.78 is 0. The first kappa shape index (κ1) is 25.2. The Hall–Kier alpha value is -4.50. The minimum atomic E-state index is -0.105. The maximum atomic E-state index is 13.9. The van der Waals surface area contributed by atoms with Gasteiger partial charge < -0.3 is 14.9 Å².